The summed E-state index contributed by atoms with van der Waals surface area (Å²) in [7, 11) is 0. The third-order valence-corrected chi connectivity index (χ3v) is 2.87. The predicted octanol–water partition coefficient (Wildman–Crippen LogP) is 0.767. The number of nitrogens with one attached hydrogen (secondary N) is 3. The molecule has 1 aromatic carbocycles. The fourth-order valence-electron chi connectivity index (χ4n) is 1.86. The van der Waals surface area contributed by atoms with Crippen molar-refractivity contribution in [2.24, 2.45) is 5.10 Å². The van der Waals surface area contributed by atoms with E-state index in [1.165, 1.54) is 0 Å². The molecule has 2 heterocycles. The third kappa shape index (κ3) is 2.30. The molecule has 3 N–H and O–H groups in total. The molecule has 19 heavy (non-hydrogen) atoms. The maximum absolute atomic E-state index is 11.9. The van der Waals surface area contributed by atoms with Gasteiger partial charge < -0.3 is 5.32 Å². The second-order valence-electron chi connectivity index (χ2n) is 4.22. The van der Waals surface area contributed by atoms with Gasteiger partial charge in [0.15, 0.2) is 0 Å². The number of aromatic amines is 1. The van der Waals surface area contributed by atoms with Gasteiger partial charge >= 0.3 is 0 Å². The van der Waals surface area contributed by atoms with E-state index in [0.29, 0.717) is 17.8 Å². The van der Waals surface area contributed by atoms with Crippen LogP contribution in [-0.2, 0) is 9.59 Å². The maximum Gasteiger partial charge on any atom is 0.271 e. The molecule has 1 aliphatic rings. The highest BCUT2D eigenvalue weighted by Crippen LogP contribution is 2.16. The van der Waals surface area contributed by atoms with Crippen LogP contribution in [0.25, 0.3) is 10.9 Å². The van der Waals surface area contributed by atoms with E-state index in [9.17, 15) is 9.59 Å². The minimum absolute atomic E-state index is 0.171. The van der Waals surface area contributed by atoms with Crippen LogP contribution in [0.5, 0.6) is 0 Å². The summed E-state index contributed by atoms with van der Waals surface area (Å²) in [6, 6.07) is 5.44. The first kappa shape index (κ1) is 11.4. The predicted molar refractivity (Wildman–Crippen MR) is 69.5 cm³/mol. The van der Waals surface area contributed by atoms with Gasteiger partial charge in [0.05, 0.1) is 11.7 Å². The number of fused-ring (bicyclic) bond motifs is 1. The zero-order valence-corrected chi connectivity index (χ0v) is 9.93. The normalized spacial score (nSPS) is 14.9. The number of hydrogen-bond donors (Lipinski definition) is 3. The number of nitrogens with zero attached hydrogens (tertiary/aromatic N) is 2. The van der Waals surface area contributed by atoms with E-state index in [-0.39, 0.29) is 18.2 Å². The highest BCUT2D eigenvalue weighted by Gasteiger charge is 2.18. The molecular weight excluding hydrogens is 246 g/mol. The van der Waals surface area contributed by atoms with Crippen molar-refractivity contribution in [1.29, 1.82) is 0 Å². The SMILES string of the molecule is O=C1CCC(C(=O)Nc2ccc3cn[nH]c3c2)=NN1. The summed E-state index contributed by atoms with van der Waals surface area (Å²) in [4.78, 5) is 22.9. The van der Waals surface area contributed by atoms with Crippen molar-refractivity contribution in [2.75, 3.05) is 5.32 Å². The summed E-state index contributed by atoms with van der Waals surface area (Å²) >= 11 is 0. The standard InChI is InChI=1S/C12H11N5O2/c18-11-4-3-9(16-17-11)12(19)14-8-2-1-7-6-13-15-10(7)5-8/h1-2,5-6H,3-4H2,(H,13,15)(H,14,19)(H,17,18). The first-order valence-corrected chi connectivity index (χ1v) is 5.82. The molecule has 7 heteroatoms. The minimum Gasteiger partial charge on any atom is -0.321 e. The van der Waals surface area contributed by atoms with Gasteiger partial charge in [-0.1, -0.05) is 0 Å². The monoisotopic (exact) mass is 257 g/mol. The van der Waals surface area contributed by atoms with Gasteiger partial charge in [0, 0.05) is 23.9 Å². The van der Waals surface area contributed by atoms with Crippen LogP contribution >= 0.6 is 0 Å². The van der Waals surface area contributed by atoms with Gasteiger partial charge in [-0.3, -0.25) is 14.7 Å². The topological polar surface area (TPSA) is 99.2 Å². The van der Waals surface area contributed by atoms with Gasteiger partial charge in [0.2, 0.25) is 5.91 Å². The molecule has 0 radical (unpaired) electrons. The Hall–Kier alpha value is -2.70. The molecule has 2 amide bonds. The smallest absolute Gasteiger partial charge is 0.271 e. The van der Waals surface area contributed by atoms with Crippen molar-refractivity contribution in [3.63, 3.8) is 0 Å². The molecule has 0 aliphatic carbocycles. The van der Waals surface area contributed by atoms with Crippen molar-refractivity contribution < 1.29 is 9.59 Å². The van der Waals surface area contributed by atoms with Crippen LogP contribution < -0.4 is 10.7 Å². The van der Waals surface area contributed by atoms with Gasteiger partial charge in [-0.2, -0.15) is 10.2 Å². The second kappa shape index (κ2) is 4.52. The van der Waals surface area contributed by atoms with Gasteiger partial charge in [0.25, 0.3) is 5.91 Å². The van der Waals surface area contributed by atoms with Gasteiger partial charge in [-0.15, -0.1) is 0 Å². The number of rotatable bonds is 2. The molecule has 0 atom stereocenters. The molecular formula is C12H11N5O2. The van der Waals surface area contributed by atoms with E-state index in [0.717, 1.165) is 10.9 Å². The van der Waals surface area contributed by atoms with E-state index >= 15 is 0 Å². The van der Waals surface area contributed by atoms with Crippen LogP contribution in [-0.4, -0.2) is 27.7 Å². The Labute approximate surface area is 108 Å². The van der Waals surface area contributed by atoms with Crippen molar-refractivity contribution in [3.05, 3.63) is 24.4 Å². The molecule has 0 saturated carbocycles. The third-order valence-electron chi connectivity index (χ3n) is 2.87. The fraction of sp³-hybridized carbons (Fsp3) is 0.167. The first-order valence-electron chi connectivity index (χ1n) is 5.82. The van der Waals surface area contributed by atoms with Crippen LogP contribution in [0.3, 0.4) is 0 Å². The molecule has 0 bridgehead atoms. The van der Waals surface area contributed by atoms with E-state index in [1.54, 1.807) is 18.3 Å². The summed E-state index contributed by atoms with van der Waals surface area (Å²) in [6.45, 7) is 0. The molecule has 1 aliphatic heterocycles. The van der Waals surface area contributed by atoms with Crippen molar-refractivity contribution in [1.82, 2.24) is 15.6 Å². The lowest BCUT2D eigenvalue weighted by atomic mass is 10.1. The Bertz CT molecular complexity index is 688. The van der Waals surface area contributed by atoms with Crippen LogP contribution in [0, 0.1) is 0 Å². The van der Waals surface area contributed by atoms with Crippen LogP contribution in [0.1, 0.15) is 12.8 Å². The fourth-order valence-corrected chi connectivity index (χ4v) is 1.86. The summed E-state index contributed by atoms with van der Waals surface area (Å²) in [5, 5.41) is 14.2. The van der Waals surface area contributed by atoms with Gasteiger partial charge in [-0.25, -0.2) is 5.43 Å². The van der Waals surface area contributed by atoms with E-state index < -0.39 is 0 Å². The average Bonchev–Trinajstić information content (AvgIpc) is 2.87. The zero-order valence-electron chi connectivity index (χ0n) is 9.93. The highest BCUT2D eigenvalue weighted by atomic mass is 16.2. The van der Waals surface area contributed by atoms with E-state index in [2.05, 4.69) is 26.0 Å². The summed E-state index contributed by atoms with van der Waals surface area (Å²) in [5.74, 6) is -0.478. The molecule has 96 valence electrons. The lowest BCUT2D eigenvalue weighted by Crippen LogP contribution is -2.32. The Morgan fingerprint density at radius 2 is 2.21 bits per heavy atom. The number of carbonyl (C=O) groups excluding carboxylic acids is 2. The highest BCUT2D eigenvalue weighted by molar-refractivity contribution is 6.43. The Morgan fingerprint density at radius 3 is 3.00 bits per heavy atom. The van der Waals surface area contributed by atoms with E-state index in [1.807, 2.05) is 6.07 Å². The maximum atomic E-state index is 11.9. The molecule has 0 unspecified atom stereocenters. The molecule has 3 rings (SSSR count). The Balaban J connectivity index is 1.77. The summed E-state index contributed by atoms with van der Waals surface area (Å²) in [6.07, 6.45) is 2.34. The molecule has 0 fully saturated rings. The molecule has 7 nitrogen and oxygen atoms in total. The van der Waals surface area contributed by atoms with Gasteiger partial charge in [-0.05, 0) is 18.2 Å². The van der Waals surface area contributed by atoms with Crippen LogP contribution in [0.15, 0.2) is 29.5 Å². The number of amides is 2. The van der Waals surface area contributed by atoms with Crippen molar-refractivity contribution in [2.45, 2.75) is 12.8 Å². The number of hydrazone groups is 1. The van der Waals surface area contributed by atoms with Crippen LogP contribution in [0.4, 0.5) is 5.69 Å². The molecule has 1 aromatic heterocycles. The zero-order chi connectivity index (χ0) is 13.2. The van der Waals surface area contributed by atoms with Crippen molar-refractivity contribution in [3.8, 4) is 0 Å². The van der Waals surface area contributed by atoms with E-state index in [4.69, 9.17) is 0 Å². The number of anilines is 1. The minimum atomic E-state index is -0.307. The van der Waals surface area contributed by atoms with Crippen LogP contribution in [0.2, 0.25) is 0 Å². The summed E-state index contributed by atoms with van der Waals surface area (Å²) in [5.41, 5.74) is 4.12. The number of carbonyl (C=O) groups is 2. The van der Waals surface area contributed by atoms with Crippen molar-refractivity contribution >= 4 is 34.1 Å². The Kier molecular flexibility index (Phi) is 2.71. The molecule has 0 saturated heterocycles. The summed E-state index contributed by atoms with van der Waals surface area (Å²) < 4.78 is 0. The quantitative estimate of drug-likeness (QED) is 0.740. The average molecular weight is 257 g/mol. The number of H-pyrrole nitrogens is 1. The lowest BCUT2D eigenvalue weighted by molar-refractivity contribution is -0.121. The second-order valence-corrected chi connectivity index (χ2v) is 4.22. The number of benzene rings is 1. The molecule has 0 spiro atoms. The molecule has 2 aromatic rings. The number of aromatic nitrogens is 2. The number of hydrogen-bond acceptors (Lipinski definition) is 4. The Morgan fingerprint density at radius 1 is 1.32 bits per heavy atom. The largest absolute Gasteiger partial charge is 0.321 e. The first-order chi connectivity index (χ1) is 9.22. The van der Waals surface area contributed by atoms with Gasteiger partial charge in [0.1, 0.15) is 5.71 Å². The lowest BCUT2D eigenvalue weighted by Gasteiger charge is -2.11.